The van der Waals surface area contributed by atoms with Crippen molar-refractivity contribution in [1.82, 2.24) is 4.57 Å². The quantitative estimate of drug-likeness (QED) is 0.100. The Kier molecular flexibility index (Phi) is 11.5. The summed E-state index contributed by atoms with van der Waals surface area (Å²) in [6, 6.07) is 72.0. The van der Waals surface area contributed by atoms with Gasteiger partial charge in [0.1, 0.15) is 11.9 Å². The molecule has 4 nitrogen and oxygen atoms in total. The third-order valence-electron chi connectivity index (χ3n) is 12.4. The summed E-state index contributed by atoms with van der Waals surface area (Å²) in [6.07, 6.45) is 5.83. The first kappa shape index (κ1) is 39.5. The van der Waals surface area contributed by atoms with Gasteiger partial charge in [0.2, 0.25) is 0 Å². The van der Waals surface area contributed by atoms with E-state index in [1.54, 1.807) is 0 Å². The molecule has 4 atom stereocenters. The molecule has 1 aliphatic heterocycles. The largest absolute Gasteiger partial charge is 0.485 e. The van der Waals surface area contributed by atoms with E-state index < -0.39 is 0 Å². The Morgan fingerprint density at radius 2 is 1.15 bits per heavy atom. The molecule has 2 aliphatic rings. The number of ether oxygens (including phenoxy) is 1. The minimum atomic E-state index is 0.0999. The molecule has 4 heteroatoms. The van der Waals surface area contributed by atoms with Gasteiger partial charge in [0, 0.05) is 39.8 Å². The van der Waals surface area contributed by atoms with Crippen LogP contribution in [-0.2, 0) is 0 Å². The molecule has 0 spiro atoms. The van der Waals surface area contributed by atoms with Crippen LogP contribution in [0.3, 0.4) is 0 Å². The predicted molar refractivity (Wildman–Crippen MR) is 255 cm³/mol. The molecular weight excluding hydrogens is 743 g/mol. The standard InChI is InChI=1S/C44H35NO.C13H12.H4N2/c1-29(30-12-4-2-5-13-30)36-19-11-21-43-44(36)39-28-34(23-25-42(39)46-43)32-15-10-14-31(26-32)33-22-24-41-38(27-33)37-18-8-9-20-40(37)45(41)35-16-6-3-7-17-35;1-11-7-9-13(10-8-11)12-5-3-2-4-6-12;1-2/h2-27,29,34,39,42H,28H2,1H3;2-10H,1H3;1-2H2. The zero-order valence-electron chi connectivity index (χ0n) is 34.7. The number of para-hydroxylation sites is 2. The molecule has 9 aromatic rings. The molecule has 1 aliphatic carbocycles. The highest BCUT2D eigenvalue weighted by Gasteiger charge is 2.39. The highest BCUT2D eigenvalue weighted by atomic mass is 16.5. The van der Waals surface area contributed by atoms with Gasteiger partial charge < -0.3 is 9.30 Å². The maximum Gasteiger partial charge on any atom is 0.124 e. The first-order chi connectivity index (χ1) is 30.1. The van der Waals surface area contributed by atoms with E-state index in [-0.39, 0.29) is 6.10 Å². The molecule has 4 N–H and O–H groups in total. The number of allylic oxidation sites excluding steroid dienone is 1. The van der Waals surface area contributed by atoms with Gasteiger partial charge in [0.05, 0.1) is 11.0 Å². The number of rotatable bonds is 6. The van der Waals surface area contributed by atoms with Crippen molar-refractivity contribution < 1.29 is 4.74 Å². The number of nitrogens with two attached hydrogens (primary N) is 2. The van der Waals surface area contributed by atoms with Gasteiger partial charge in [-0.1, -0.05) is 182 Å². The van der Waals surface area contributed by atoms with E-state index in [0.717, 1.165) is 12.2 Å². The molecule has 4 unspecified atom stereocenters. The van der Waals surface area contributed by atoms with Crippen molar-refractivity contribution >= 4 is 21.8 Å². The van der Waals surface area contributed by atoms with Gasteiger partial charge in [0.15, 0.2) is 0 Å². The van der Waals surface area contributed by atoms with E-state index in [2.05, 4.69) is 236 Å². The van der Waals surface area contributed by atoms with E-state index >= 15 is 0 Å². The number of aromatic nitrogens is 1. The Hall–Kier alpha value is -6.98. The molecule has 1 aromatic heterocycles. The van der Waals surface area contributed by atoms with Crippen LogP contribution in [0, 0.1) is 6.92 Å². The maximum atomic E-state index is 6.54. The summed E-state index contributed by atoms with van der Waals surface area (Å²) in [4.78, 5) is 0. The average molecular weight is 794 g/mol. The lowest BCUT2D eigenvalue weighted by atomic mass is 9.75. The van der Waals surface area contributed by atoms with Crippen LogP contribution >= 0.6 is 0 Å². The van der Waals surface area contributed by atoms with E-state index in [4.69, 9.17) is 4.74 Å². The molecule has 0 saturated carbocycles. The summed E-state index contributed by atoms with van der Waals surface area (Å²) >= 11 is 0. The molecule has 0 saturated heterocycles. The molecule has 11 rings (SSSR count). The molecule has 0 fully saturated rings. The van der Waals surface area contributed by atoms with Crippen molar-refractivity contribution in [3.63, 3.8) is 0 Å². The summed E-state index contributed by atoms with van der Waals surface area (Å²) in [7, 11) is 0. The molecule has 0 bridgehead atoms. The molecule has 8 aromatic carbocycles. The first-order valence-corrected chi connectivity index (χ1v) is 21.3. The maximum absolute atomic E-state index is 6.54. The number of aryl methyl sites for hydroxylation is 1. The lowest BCUT2D eigenvalue weighted by molar-refractivity contribution is 0.240. The molecule has 2 heterocycles. The molecule has 0 radical (unpaired) electrons. The van der Waals surface area contributed by atoms with Crippen LogP contribution in [0.2, 0.25) is 0 Å². The second-order valence-electron chi connectivity index (χ2n) is 16.1. The van der Waals surface area contributed by atoms with E-state index in [9.17, 15) is 0 Å². The Morgan fingerprint density at radius 3 is 1.92 bits per heavy atom. The molecule has 0 amide bonds. The highest BCUT2D eigenvalue weighted by Crippen LogP contribution is 2.50. The van der Waals surface area contributed by atoms with E-state index in [1.165, 1.54) is 77.6 Å². The van der Waals surface area contributed by atoms with Crippen molar-refractivity contribution in [2.45, 2.75) is 44.1 Å². The van der Waals surface area contributed by atoms with Crippen molar-refractivity contribution in [3.05, 3.63) is 240 Å². The zero-order valence-corrected chi connectivity index (χ0v) is 34.7. The third kappa shape index (κ3) is 7.92. The SMILES string of the molecule is CC(c1ccccc1)c1cccc2c1C1CC(c3cccc(-c4ccc5c(c4)c4ccccc4n5-c4ccccc4)c3)C=CC1O2.Cc1ccc(-c2ccccc2)cc1.NN. The highest BCUT2D eigenvalue weighted by molar-refractivity contribution is 6.10. The van der Waals surface area contributed by atoms with E-state index in [1.807, 2.05) is 6.07 Å². The van der Waals surface area contributed by atoms with Gasteiger partial charge in [-0.15, -0.1) is 0 Å². The number of nitrogens with zero attached hydrogens (tertiary/aromatic N) is 1. The van der Waals surface area contributed by atoms with Crippen molar-refractivity contribution in [1.29, 1.82) is 0 Å². The van der Waals surface area contributed by atoms with Gasteiger partial charge in [-0.05, 0) is 94.8 Å². The number of hydrazine groups is 1. The molecule has 300 valence electrons. The molecular formula is C57H51N3O. The van der Waals surface area contributed by atoms with Crippen LogP contribution in [0.15, 0.2) is 212 Å². The van der Waals surface area contributed by atoms with Crippen LogP contribution in [0.25, 0.3) is 49.7 Å². The summed E-state index contributed by atoms with van der Waals surface area (Å²) in [5.74, 6) is 10.0. The number of hydrogen-bond donors (Lipinski definition) is 2. The average Bonchev–Trinajstić information content (AvgIpc) is 3.88. The van der Waals surface area contributed by atoms with Crippen molar-refractivity contribution in [3.8, 4) is 33.7 Å². The summed E-state index contributed by atoms with van der Waals surface area (Å²) < 4.78 is 8.91. The molecule has 61 heavy (non-hydrogen) atoms. The van der Waals surface area contributed by atoms with Crippen LogP contribution in [-0.4, -0.2) is 10.7 Å². The zero-order chi connectivity index (χ0) is 41.7. The Labute approximate surface area is 359 Å². The predicted octanol–water partition coefficient (Wildman–Crippen LogP) is 13.7. The Morgan fingerprint density at radius 1 is 0.541 bits per heavy atom. The lowest BCUT2D eigenvalue weighted by Crippen LogP contribution is -2.22. The van der Waals surface area contributed by atoms with E-state index in [0.29, 0.717) is 17.8 Å². The number of fused-ring (bicyclic) bond motifs is 6. The van der Waals surface area contributed by atoms with Gasteiger partial charge >= 0.3 is 0 Å². The van der Waals surface area contributed by atoms with Gasteiger partial charge in [-0.2, -0.15) is 0 Å². The number of hydrogen-bond acceptors (Lipinski definition) is 3. The van der Waals surface area contributed by atoms with Crippen LogP contribution in [0.4, 0.5) is 0 Å². The Bertz CT molecular complexity index is 2920. The lowest BCUT2D eigenvalue weighted by Gasteiger charge is -2.28. The van der Waals surface area contributed by atoms with Gasteiger partial charge in [0.25, 0.3) is 0 Å². The third-order valence-corrected chi connectivity index (χ3v) is 12.4. The van der Waals surface area contributed by atoms with Gasteiger partial charge in [-0.3, -0.25) is 11.7 Å². The smallest absolute Gasteiger partial charge is 0.124 e. The fourth-order valence-electron chi connectivity index (χ4n) is 9.35. The normalized spacial score (nSPS) is 16.6. The summed E-state index contributed by atoms with van der Waals surface area (Å²) in [5, 5.41) is 2.56. The van der Waals surface area contributed by atoms with Gasteiger partial charge in [-0.25, -0.2) is 0 Å². The van der Waals surface area contributed by atoms with Crippen molar-refractivity contribution in [2.24, 2.45) is 11.7 Å². The summed E-state index contributed by atoms with van der Waals surface area (Å²) in [6.45, 7) is 4.43. The Balaban J connectivity index is 0.000000270. The first-order valence-electron chi connectivity index (χ1n) is 21.3. The minimum absolute atomic E-state index is 0.0999. The van der Waals surface area contributed by atoms with Crippen LogP contribution in [0.1, 0.15) is 58.9 Å². The minimum Gasteiger partial charge on any atom is -0.485 e. The van der Waals surface area contributed by atoms with Crippen LogP contribution < -0.4 is 16.4 Å². The second-order valence-corrected chi connectivity index (χ2v) is 16.1. The fraction of sp³-hybridized carbons (Fsp3) is 0.123. The monoisotopic (exact) mass is 793 g/mol. The fourth-order valence-corrected chi connectivity index (χ4v) is 9.35. The van der Waals surface area contributed by atoms with Crippen LogP contribution in [0.5, 0.6) is 5.75 Å². The second kappa shape index (κ2) is 17.7. The summed E-state index contributed by atoms with van der Waals surface area (Å²) in [5.41, 5.74) is 15.5. The van der Waals surface area contributed by atoms with Crippen molar-refractivity contribution in [2.75, 3.05) is 0 Å². The number of benzene rings is 8. The topological polar surface area (TPSA) is 66.2 Å².